The molecule has 4 atom stereocenters. The highest BCUT2D eigenvalue weighted by molar-refractivity contribution is 15.0. The Morgan fingerprint density at radius 2 is 1.04 bits per heavy atom. The van der Waals surface area contributed by atoms with Gasteiger partial charge in [-0.1, -0.05) is 196 Å². The summed E-state index contributed by atoms with van der Waals surface area (Å²) in [5.74, 6) is 0.816. The Hall–Kier alpha value is -5.80. The second-order valence-corrected chi connectivity index (χ2v) is 15.5. The second kappa shape index (κ2) is 32.2. The number of hydrogen-bond donors (Lipinski definition) is 4. The summed E-state index contributed by atoms with van der Waals surface area (Å²) >= 11 is 4.24. The van der Waals surface area contributed by atoms with Gasteiger partial charge in [0, 0.05) is 83.0 Å². The molecule has 372 valence electrons. The molecule has 2 aliphatic rings. The van der Waals surface area contributed by atoms with Crippen LogP contribution in [0.25, 0.3) is 0 Å². The number of allylic oxidation sites excluding steroid dienone is 2. The zero-order chi connectivity index (χ0) is 52.2. The summed E-state index contributed by atoms with van der Waals surface area (Å²) < 4.78 is 1.69. The molecule has 0 amide bonds. The summed E-state index contributed by atoms with van der Waals surface area (Å²) in [6.07, 6.45) is 6.25. The number of aromatic nitrogens is 6. The van der Waals surface area contributed by atoms with Crippen molar-refractivity contribution >= 4 is 63.8 Å². The maximum Gasteiger partial charge on any atom is 0.193 e. The minimum Gasteiger partial charge on any atom is -0.373 e. The number of H-pyrrole nitrogens is 1. The molecule has 0 radical (unpaired) electrons. The molecule has 4 heterocycles. The van der Waals surface area contributed by atoms with Gasteiger partial charge in [-0.15, -0.1) is 10.2 Å². The normalized spacial score (nSPS) is 14.3. The summed E-state index contributed by atoms with van der Waals surface area (Å²) in [4.78, 5) is 17.1. The molecule has 0 spiro atoms. The topological polar surface area (TPSA) is 134 Å². The van der Waals surface area contributed by atoms with E-state index in [9.17, 15) is 9.90 Å². The second-order valence-electron chi connectivity index (χ2n) is 14.9. The van der Waals surface area contributed by atoms with E-state index in [1.54, 1.807) is 17.0 Å². The minimum atomic E-state index is -1.44. The van der Waals surface area contributed by atoms with Gasteiger partial charge in [-0.3, -0.25) is 9.89 Å². The zero-order valence-electron chi connectivity index (χ0n) is 42.2. The van der Waals surface area contributed by atoms with Crippen molar-refractivity contribution in [1.82, 2.24) is 29.7 Å². The zero-order valence-corrected chi connectivity index (χ0v) is 47.6. The number of nitrogens with one attached hydrogen (secondary N) is 3. The molecular weight excluding hydrogens is 1130 g/mol. The van der Waals surface area contributed by atoms with Crippen LogP contribution in [-0.4, -0.2) is 40.6 Å². The van der Waals surface area contributed by atoms with E-state index in [0.717, 1.165) is 63.4 Å². The smallest absolute Gasteiger partial charge is 0.193 e. The lowest BCUT2D eigenvalue weighted by Crippen LogP contribution is -2.31. The average molecular weight is 1200 g/mol. The van der Waals surface area contributed by atoms with Crippen LogP contribution in [0, 0.1) is 0 Å². The standard InChI is InChI=1S/C25H22N4O.C23H19NO.C2H4N3P.4C2H6.I2/c1-17-14-21(18-8-4-2-5-9-18)22-15-20(12-13-23(22)28-17)25(30,24-26-16-27-29-24)19-10-6-3-7-11-19;1-16-14-20(17-8-4-2-5-9-17)21-15-19(12-13-22(21)24-16)23(25)18-10-6-3-7-11-18;6-5-1-3-4-2-5;5*1-2/h2-13,15-16,21,28,30H,1,14H2,(H,26,27,29);2-13,15,20,24H,1,14H2;1-2H,6H2;4*1-2H3;. The summed E-state index contributed by atoms with van der Waals surface area (Å²) in [5.41, 5.74) is 10.2. The quantitative estimate of drug-likeness (QED) is 0.0704. The van der Waals surface area contributed by atoms with Gasteiger partial charge in [0.25, 0.3) is 0 Å². The Bertz CT molecular complexity index is 2750. The Balaban J connectivity index is 0.000000292. The number of rotatable bonds is 7. The van der Waals surface area contributed by atoms with Crippen LogP contribution in [0.5, 0.6) is 0 Å². The van der Waals surface area contributed by atoms with Crippen molar-refractivity contribution in [2.24, 2.45) is 0 Å². The van der Waals surface area contributed by atoms with Gasteiger partial charge in [0.05, 0.1) is 0 Å². The first-order valence-electron chi connectivity index (χ1n) is 24.0. The number of nitrogens with zero attached hydrogens (tertiary/aromatic N) is 5. The fraction of sp³-hybridized carbons (Fsp3) is 0.224. The first-order valence-corrected chi connectivity index (χ1v) is 30.8. The van der Waals surface area contributed by atoms with E-state index >= 15 is 0 Å². The van der Waals surface area contributed by atoms with Crippen molar-refractivity contribution in [3.05, 3.63) is 252 Å². The fourth-order valence-corrected chi connectivity index (χ4v) is 8.04. The van der Waals surface area contributed by atoms with Crippen LogP contribution in [0.2, 0.25) is 0 Å². The van der Waals surface area contributed by atoms with Gasteiger partial charge in [-0.2, -0.15) is 5.10 Å². The van der Waals surface area contributed by atoms with Gasteiger partial charge in [0.15, 0.2) is 17.2 Å². The number of carbonyl (C=O) groups excluding carboxylic acids is 1. The third-order valence-corrected chi connectivity index (χ3v) is 11.2. The first kappa shape index (κ1) is 59.5. The molecule has 0 aliphatic carbocycles. The highest BCUT2D eigenvalue weighted by atomic mass is 128. The number of halogens is 2. The Morgan fingerprint density at radius 3 is 1.48 bits per heavy atom. The number of aromatic amines is 1. The maximum atomic E-state index is 12.8. The van der Waals surface area contributed by atoms with Gasteiger partial charge < -0.3 is 20.1 Å². The largest absolute Gasteiger partial charge is 0.373 e. The van der Waals surface area contributed by atoms with Crippen LogP contribution >= 0.6 is 46.6 Å². The van der Waals surface area contributed by atoms with E-state index in [1.807, 2.05) is 159 Å². The lowest BCUT2D eigenvalue weighted by molar-refractivity contribution is 0.103. The molecule has 0 fully saturated rings. The van der Waals surface area contributed by atoms with Crippen LogP contribution in [0.1, 0.15) is 135 Å². The van der Waals surface area contributed by atoms with Crippen LogP contribution in [-0.2, 0) is 5.60 Å². The summed E-state index contributed by atoms with van der Waals surface area (Å²) in [6, 6.07) is 51.7. The van der Waals surface area contributed by atoms with Crippen LogP contribution in [0.4, 0.5) is 11.4 Å². The molecule has 2 aliphatic heterocycles. The van der Waals surface area contributed by atoms with Crippen LogP contribution < -0.4 is 10.6 Å². The molecule has 0 saturated heterocycles. The molecule has 2 aromatic heterocycles. The number of benzene rings is 6. The number of hydrogen-bond acceptors (Lipinski definition) is 8. The van der Waals surface area contributed by atoms with E-state index in [2.05, 4.69) is 150 Å². The summed E-state index contributed by atoms with van der Waals surface area (Å²) in [7, 11) is 2.41. The molecule has 13 heteroatoms. The number of aliphatic hydroxyl groups is 1. The van der Waals surface area contributed by atoms with Crippen molar-refractivity contribution < 1.29 is 9.90 Å². The van der Waals surface area contributed by atoms with Gasteiger partial charge in [-0.05, 0) is 85.9 Å². The maximum absolute atomic E-state index is 12.8. The van der Waals surface area contributed by atoms with Gasteiger partial charge >= 0.3 is 0 Å². The van der Waals surface area contributed by atoms with E-state index in [-0.39, 0.29) is 17.6 Å². The molecule has 8 aromatic rings. The van der Waals surface area contributed by atoms with Crippen molar-refractivity contribution in [2.75, 3.05) is 10.6 Å². The molecule has 10 nitrogen and oxygen atoms in total. The lowest BCUT2D eigenvalue weighted by atomic mass is 9.79. The molecule has 71 heavy (non-hydrogen) atoms. The monoisotopic (exact) mass is 1190 g/mol. The molecule has 10 rings (SSSR count). The minimum absolute atomic E-state index is 0.0552. The van der Waals surface area contributed by atoms with Gasteiger partial charge in [0.2, 0.25) is 0 Å². The Morgan fingerprint density at radius 1 is 0.606 bits per heavy atom. The van der Waals surface area contributed by atoms with Crippen molar-refractivity contribution in [2.45, 2.75) is 85.7 Å². The van der Waals surface area contributed by atoms with Gasteiger partial charge in [-0.25, -0.2) is 4.98 Å². The number of carbonyl (C=O) groups is 1. The third kappa shape index (κ3) is 16.1. The predicted octanol–water partition coefficient (Wildman–Crippen LogP) is 15.7. The highest BCUT2D eigenvalue weighted by Gasteiger charge is 2.38. The summed E-state index contributed by atoms with van der Waals surface area (Å²) in [6.45, 7) is 24.3. The molecule has 6 aromatic carbocycles. The summed E-state index contributed by atoms with van der Waals surface area (Å²) in [5, 5.41) is 32.6. The van der Waals surface area contributed by atoms with Crippen LogP contribution in [0.15, 0.2) is 201 Å². The molecule has 4 N–H and O–H groups in total. The van der Waals surface area contributed by atoms with Crippen molar-refractivity contribution in [3.63, 3.8) is 0 Å². The first-order chi connectivity index (χ1) is 34.8. The van der Waals surface area contributed by atoms with E-state index in [4.69, 9.17) is 0 Å². The SMILES string of the molecule is C=C1CC(c2ccccc2)c2cc(C(=O)c3ccccc3)ccc2N1.C=C1CC(c2ccccc2)c2cc(C(O)(c3ccccc3)c3ncn[nH]3)ccc2N1.CC.CC.CC.CC.II.Pn1cnnc1. The highest BCUT2D eigenvalue weighted by Crippen LogP contribution is 2.44. The average Bonchev–Trinajstić information content (AvgIpc) is 4.19. The van der Waals surface area contributed by atoms with E-state index in [0.29, 0.717) is 11.4 Å². The van der Waals surface area contributed by atoms with Crippen molar-refractivity contribution in [1.29, 1.82) is 0 Å². The van der Waals surface area contributed by atoms with E-state index in [1.165, 1.54) is 17.5 Å². The molecule has 0 saturated carbocycles. The Kier molecular flexibility index (Phi) is 27.0. The van der Waals surface area contributed by atoms with Crippen molar-refractivity contribution in [3.8, 4) is 0 Å². The lowest BCUT2D eigenvalue weighted by Gasteiger charge is -2.32. The molecular formula is C58H69I2N8O2P. The molecule has 0 bridgehead atoms. The predicted molar refractivity (Wildman–Crippen MR) is 318 cm³/mol. The number of anilines is 2. The van der Waals surface area contributed by atoms with Gasteiger partial charge in [0.1, 0.15) is 19.0 Å². The number of ketones is 1. The van der Waals surface area contributed by atoms with E-state index < -0.39 is 5.60 Å². The van der Waals surface area contributed by atoms with Crippen LogP contribution in [0.3, 0.4) is 0 Å². The number of fused-ring (bicyclic) bond motifs is 2. The molecule has 4 unspecified atom stereocenters. The third-order valence-electron chi connectivity index (χ3n) is 10.9. The fourth-order valence-electron chi connectivity index (χ4n) is 7.92. The Labute approximate surface area is 447 Å².